The molecule has 0 aromatic heterocycles. The number of alkyl halides is 1. The van der Waals surface area contributed by atoms with Gasteiger partial charge in [0, 0.05) is 0 Å². The third-order valence-corrected chi connectivity index (χ3v) is 4.06. The second-order valence-electron chi connectivity index (χ2n) is 5.51. The van der Waals surface area contributed by atoms with Crippen LogP contribution in [0.4, 0.5) is 0 Å². The SMILES string of the molecule is CCCCc1ccc(C(Cl)Cc2cccc(C)c2)cc1. The number of halogens is 1. The average Bonchev–Trinajstić information content (AvgIpc) is 2.45. The fourth-order valence-corrected chi connectivity index (χ4v) is 2.76. The first-order chi connectivity index (χ1) is 9.69. The third-order valence-electron chi connectivity index (χ3n) is 3.66. The van der Waals surface area contributed by atoms with Gasteiger partial charge in [0.05, 0.1) is 5.38 Å². The van der Waals surface area contributed by atoms with Gasteiger partial charge in [0.25, 0.3) is 0 Å². The van der Waals surface area contributed by atoms with Crippen molar-refractivity contribution >= 4 is 11.6 Å². The largest absolute Gasteiger partial charge is 0.117 e. The monoisotopic (exact) mass is 286 g/mol. The molecule has 0 saturated carbocycles. The number of unbranched alkanes of at least 4 members (excludes halogenated alkanes) is 1. The summed E-state index contributed by atoms with van der Waals surface area (Å²) in [6.45, 7) is 4.35. The predicted octanol–water partition coefficient (Wildman–Crippen LogP) is 5.86. The van der Waals surface area contributed by atoms with E-state index < -0.39 is 0 Å². The Balaban J connectivity index is 2.00. The van der Waals surface area contributed by atoms with Gasteiger partial charge in [-0.3, -0.25) is 0 Å². The molecule has 0 amide bonds. The Kier molecular flexibility index (Phi) is 5.67. The Bertz CT molecular complexity index is 528. The van der Waals surface area contributed by atoms with Crippen molar-refractivity contribution in [3.05, 3.63) is 70.8 Å². The maximum atomic E-state index is 6.55. The van der Waals surface area contributed by atoms with Crippen LogP contribution in [0.15, 0.2) is 48.5 Å². The molecule has 0 aliphatic carbocycles. The normalized spacial score (nSPS) is 12.3. The van der Waals surface area contributed by atoms with Crippen molar-refractivity contribution in [2.24, 2.45) is 0 Å². The molecule has 1 unspecified atom stereocenters. The standard InChI is InChI=1S/C19H23Cl/c1-3-4-7-16-9-11-18(12-10-16)19(20)14-17-8-5-6-15(2)13-17/h5-6,8-13,19H,3-4,7,14H2,1-2H3. The molecular weight excluding hydrogens is 264 g/mol. The lowest BCUT2D eigenvalue weighted by Gasteiger charge is -2.11. The van der Waals surface area contributed by atoms with E-state index in [4.69, 9.17) is 11.6 Å². The highest BCUT2D eigenvalue weighted by atomic mass is 35.5. The van der Waals surface area contributed by atoms with Gasteiger partial charge in [-0.15, -0.1) is 11.6 Å². The summed E-state index contributed by atoms with van der Waals surface area (Å²) in [6.07, 6.45) is 4.55. The maximum absolute atomic E-state index is 6.55. The van der Waals surface area contributed by atoms with Crippen LogP contribution >= 0.6 is 11.6 Å². The zero-order valence-corrected chi connectivity index (χ0v) is 13.2. The van der Waals surface area contributed by atoms with E-state index in [0.29, 0.717) is 0 Å². The third kappa shape index (κ3) is 4.38. The molecule has 1 heteroatoms. The summed E-state index contributed by atoms with van der Waals surface area (Å²) >= 11 is 6.55. The van der Waals surface area contributed by atoms with Crippen LogP contribution in [0.3, 0.4) is 0 Å². The van der Waals surface area contributed by atoms with Crippen LogP contribution in [0.5, 0.6) is 0 Å². The Morgan fingerprint density at radius 1 is 1.00 bits per heavy atom. The number of aryl methyl sites for hydroxylation is 2. The summed E-state index contributed by atoms with van der Waals surface area (Å²) < 4.78 is 0. The Morgan fingerprint density at radius 3 is 2.40 bits per heavy atom. The smallest absolute Gasteiger partial charge is 0.0625 e. The molecule has 0 aliphatic rings. The first-order valence-electron chi connectivity index (χ1n) is 7.47. The van der Waals surface area contributed by atoms with E-state index in [1.54, 1.807) is 0 Å². The van der Waals surface area contributed by atoms with Gasteiger partial charge in [-0.25, -0.2) is 0 Å². The number of hydrogen-bond donors (Lipinski definition) is 0. The molecule has 0 radical (unpaired) electrons. The van der Waals surface area contributed by atoms with Gasteiger partial charge in [-0.05, 0) is 42.9 Å². The molecule has 20 heavy (non-hydrogen) atoms. The van der Waals surface area contributed by atoms with E-state index in [1.807, 2.05) is 0 Å². The molecule has 1 atom stereocenters. The molecular formula is C19H23Cl. The van der Waals surface area contributed by atoms with Crippen LogP contribution in [-0.2, 0) is 12.8 Å². The predicted molar refractivity (Wildman–Crippen MR) is 88.5 cm³/mol. The second kappa shape index (κ2) is 7.50. The minimum Gasteiger partial charge on any atom is -0.117 e. The molecule has 0 fully saturated rings. The van der Waals surface area contributed by atoms with Crippen molar-refractivity contribution in [3.63, 3.8) is 0 Å². The van der Waals surface area contributed by atoms with E-state index in [2.05, 4.69) is 62.4 Å². The van der Waals surface area contributed by atoms with Crippen LogP contribution in [-0.4, -0.2) is 0 Å². The lowest BCUT2D eigenvalue weighted by atomic mass is 10.0. The number of rotatable bonds is 6. The zero-order chi connectivity index (χ0) is 14.4. The fraction of sp³-hybridized carbons (Fsp3) is 0.368. The maximum Gasteiger partial charge on any atom is 0.0625 e. The molecule has 0 aliphatic heterocycles. The Morgan fingerprint density at radius 2 is 1.75 bits per heavy atom. The van der Waals surface area contributed by atoms with Crippen molar-refractivity contribution in [3.8, 4) is 0 Å². The highest BCUT2D eigenvalue weighted by Crippen LogP contribution is 2.25. The average molecular weight is 287 g/mol. The molecule has 2 aromatic carbocycles. The van der Waals surface area contributed by atoms with E-state index in [-0.39, 0.29) is 5.38 Å². The Hall–Kier alpha value is -1.27. The molecule has 106 valence electrons. The first kappa shape index (κ1) is 15.1. The van der Waals surface area contributed by atoms with Crippen molar-refractivity contribution in [1.82, 2.24) is 0 Å². The lowest BCUT2D eigenvalue weighted by Crippen LogP contribution is -1.97. The minimum absolute atomic E-state index is 0.0528. The van der Waals surface area contributed by atoms with Gasteiger partial charge < -0.3 is 0 Å². The first-order valence-corrected chi connectivity index (χ1v) is 7.91. The fourth-order valence-electron chi connectivity index (χ4n) is 2.44. The number of benzene rings is 2. The van der Waals surface area contributed by atoms with Crippen molar-refractivity contribution in [1.29, 1.82) is 0 Å². The van der Waals surface area contributed by atoms with E-state index in [0.717, 1.165) is 6.42 Å². The summed E-state index contributed by atoms with van der Waals surface area (Å²) in [5.74, 6) is 0. The molecule has 2 aromatic rings. The van der Waals surface area contributed by atoms with Crippen LogP contribution in [0.1, 0.15) is 47.4 Å². The topological polar surface area (TPSA) is 0 Å². The summed E-state index contributed by atoms with van der Waals surface area (Å²) in [5.41, 5.74) is 5.23. The van der Waals surface area contributed by atoms with Gasteiger partial charge in [0.15, 0.2) is 0 Å². The summed E-state index contributed by atoms with van der Waals surface area (Å²) in [4.78, 5) is 0. The lowest BCUT2D eigenvalue weighted by molar-refractivity contribution is 0.794. The molecule has 0 nitrogen and oxygen atoms in total. The molecule has 0 spiro atoms. The highest BCUT2D eigenvalue weighted by molar-refractivity contribution is 6.20. The molecule has 0 N–H and O–H groups in total. The second-order valence-corrected chi connectivity index (χ2v) is 6.03. The van der Waals surface area contributed by atoms with Crippen LogP contribution in [0.2, 0.25) is 0 Å². The van der Waals surface area contributed by atoms with Gasteiger partial charge in [-0.1, -0.05) is 67.4 Å². The van der Waals surface area contributed by atoms with E-state index in [1.165, 1.54) is 41.5 Å². The molecule has 0 saturated heterocycles. The molecule has 0 bridgehead atoms. The van der Waals surface area contributed by atoms with Crippen LogP contribution < -0.4 is 0 Å². The quantitative estimate of drug-likeness (QED) is 0.583. The van der Waals surface area contributed by atoms with Gasteiger partial charge >= 0.3 is 0 Å². The zero-order valence-electron chi connectivity index (χ0n) is 12.4. The Labute approximate surface area is 127 Å². The van der Waals surface area contributed by atoms with Gasteiger partial charge in [-0.2, -0.15) is 0 Å². The minimum atomic E-state index is 0.0528. The summed E-state index contributed by atoms with van der Waals surface area (Å²) in [7, 11) is 0. The van der Waals surface area contributed by atoms with E-state index in [9.17, 15) is 0 Å². The van der Waals surface area contributed by atoms with Crippen LogP contribution in [0.25, 0.3) is 0 Å². The molecule has 0 heterocycles. The van der Waals surface area contributed by atoms with Crippen molar-refractivity contribution < 1.29 is 0 Å². The highest BCUT2D eigenvalue weighted by Gasteiger charge is 2.09. The molecule has 2 rings (SSSR count). The van der Waals surface area contributed by atoms with Crippen molar-refractivity contribution in [2.75, 3.05) is 0 Å². The summed E-state index contributed by atoms with van der Waals surface area (Å²) in [6, 6.07) is 17.4. The van der Waals surface area contributed by atoms with Gasteiger partial charge in [0.2, 0.25) is 0 Å². The van der Waals surface area contributed by atoms with Gasteiger partial charge in [0.1, 0.15) is 0 Å². The number of hydrogen-bond acceptors (Lipinski definition) is 0. The van der Waals surface area contributed by atoms with E-state index >= 15 is 0 Å². The van der Waals surface area contributed by atoms with Crippen LogP contribution in [0, 0.1) is 6.92 Å². The van der Waals surface area contributed by atoms with Crippen molar-refractivity contribution in [2.45, 2.75) is 44.9 Å². The summed E-state index contributed by atoms with van der Waals surface area (Å²) in [5, 5.41) is 0.0528.